The van der Waals surface area contributed by atoms with Gasteiger partial charge in [-0.15, -0.1) is 0 Å². The van der Waals surface area contributed by atoms with Gasteiger partial charge in [0.05, 0.1) is 25.9 Å². The second-order valence-corrected chi connectivity index (χ2v) is 7.96. The minimum Gasteiger partial charge on any atom is -0.444 e. The number of likely N-dealkylation sites (tertiary alicyclic amines) is 1. The SMILES string of the molecule is CC(C)(C)OC(=O)N1CCC(CO)(CCO)C(OCc2ccccc2)C1. The van der Waals surface area contributed by atoms with Crippen LogP contribution in [-0.4, -0.2) is 59.2 Å². The van der Waals surface area contributed by atoms with E-state index in [1.807, 2.05) is 51.1 Å². The molecule has 0 spiro atoms. The number of benzene rings is 1. The van der Waals surface area contributed by atoms with Crippen LogP contribution in [0.3, 0.4) is 0 Å². The van der Waals surface area contributed by atoms with Crippen molar-refractivity contribution in [1.82, 2.24) is 4.90 Å². The fourth-order valence-corrected chi connectivity index (χ4v) is 3.27. The molecule has 1 saturated heterocycles. The van der Waals surface area contributed by atoms with Crippen molar-refractivity contribution in [2.75, 3.05) is 26.3 Å². The van der Waals surface area contributed by atoms with E-state index >= 15 is 0 Å². The number of amides is 1. The van der Waals surface area contributed by atoms with E-state index in [9.17, 15) is 15.0 Å². The Labute approximate surface area is 155 Å². The maximum absolute atomic E-state index is 12.4. The zero-order chi connectivity index (χ0) is 19.2. The summed E-state index contributed by atoms with van der Waals surface area (Å²) in [5.41, 5.74) is -0.0893. The largest absolute Gasteiger partial charge is 0.444 e. The van der Waals surface area contributed by atoms with Crippen molar-refractivity contribution >= 4 is 6.09 Å². The summed E-state index contributed by atoms with van der Waals surface area (Å²) in [4.78, 5) is 14.1. The lowest BCUT2D eigenvalue weighted by Crippen LogP contribution is -2.56. The van der Waals surface area contributed by atoms with Gasteiger partial charge in [0.1, 0.15) is 5.60 Å². The molecule has 2 atom stereocenters. The van der Waals surface area contributed by atoms with E-state index in [1.165, 1.54) is 0 Å². The summed E-state index contributed by atoms with van der Waals surface area (Å²) >= 11 is 0. The number of hydrogen-bond acceptors (Lipinski definition) is 5. The van der Waals surface area contributed by atoms with E-state index in [4.69, 9.17) is 9.47 Å². The predicted molar refractivity (Wildman–Crippen MR) is 98.7 cm³/mol. The Hall–Kier alpha value is -1.63. The number of rotatable bonds is 6. The standard InChI is InChI=1S/C20H31NO5/c1-19(2,3)26-18(24)21-11-9-20(15-23,10-12-22)17(13-21)25-14-16-7-5-4-6-8-16/h4-8,17,22-23H,9-15H2,1-3H3. The van der Waals surface area contributed by atoms with Gasteiger partial charge in [-0.05, 0) is 39.2 Å². The van der Waals surface area contributed by atoms with E-state index in [-0.39, 0.29) is 25.4 Å². The van der Waals surface area contributed by atoms with Crippen LogP contribution in [-0.2, 0) is 16.1 Å². The number of ether oxygens (including phenoxy) is 2. The summed E-state index contributed by atoms with van der Waals surface area (Å²) in [7, 11) is 0. The molecule has 1 aromatic carbocycles. The first-order chi connectivity index (χ1) is 12.3. The van der Waals surface area contributed by atoms with Crippen molar-refractivity contribution in [3.8, 4) is 0 Å². The molecule has 2 unspecified atom stereocenters. The molecule has 1 aliphatic rings. The maximum atomic E-state index is 12.4. The molecule has 146 valence electrons. The molecule has 26 heavy (non-hydrogen) atoms. The number of nitrogens with zero attached hydrogens (tertiary/aromatic N) is 1. The molecular weight excluding hydrogens is 334 g/mol. The fourth-order valence-electron chi connectivity index (χ4n) is 3.27. The van der Waals surface area contributed by atoms with Gasteiger partial charge in [-0.1, -0.05) is 30.3 Å². The van der Waals surface area contributed by atoms with Gasteiger partial charge in [0, 0.05) is 18.6 Å². The lowest BCUT2D eigenvalue weighted by atomic mass is 9.74. The number of hydrogen-bond donors (Lipinski definition) is 2. The van der Waals surface area contributed by atoms with Crippen molar-refractivity contribution in [3.63, 3.8) is 0 Å². The van der Waals surface area contributed by atoms with E-state index in [0.717, 1.165) is 5.56 Å². The summed E-state index contributed by atoms with van der Waals surface area (Å²) in [5, 5.41) is 19.5. The number of carbonyl (C=O) groups excluding carboxylic acids is 1. The highest BCUT2D eigenvalue weighted by Crippen LogP contribution is 2.37. The van der Waals surface area contributed by atoms with Gasteiger partial charge in [0.25, 0.3) is 0 Å². The summed E-state index contributed by atoms with van der Waals surface area (Å²) in [6.07, 6.45) is 0.246. The Morgan fingerprint density at radius 3 is 2.54 bits per heavy atom. The molecule has 1 aromatic rings. The third-order valence-corrected chi connectivity index (χ3v) is 4.82. The van der Waals surface area contributed by atoms with Crippen molar-refractivity contribution in [2.24, 2.45) is 5.41 Å². The highest BCUT2D eigenvalue weighted by molar-refractivity contribution is 5.68. The zero-order valence-electron chi connectivity index (χ0n) is 16.0. The quantitative estimate of drug-likeness (QED) is 0.810. The molecule has 1 amide bonds. The Morgan fingerprint density at radius 1 is 1.27 bits per heavy atom. The molecule has 6 heteroatoms. The molecule has 1 aliphatic heterocycles. The van der Waals surface area contributed by atoms with E-state index in [1.54, 1.807) is 4.90 Å². The highest BCUT2D eigenvalue weighted by Gasteiger charge is 2.45. The Balaban J connectivity index is 2.11. The summed E-state index contributed by atoms with van der Waals surface area (Å²) in [6.45, 7) is 6.59. The average molecular weight is 365 g/mol. The van der Waals surface area contributed by atoms with Crippen LogP contribution in [0, 0.1) is 5.41 Å². The number of carbonyl (C=O) groups is 1. The van der Waals surface area contributed by atoms with Crippen LogP contribution in [0.25, 0.3) is 0 Å². The Kier molecular flexibility index (Phi) is 7.03. The van der Waals surface area contributed by atoms with Crippen LogP contribution >= 0.6 is 0 Å². The van der Waals surface area contributed by atoms with Gasteiger partial charge < -0.3 is 24.6 Å². The zero-order valence-corrected chi connectivity index (χ0v) is 16.0. The fraction of sp³-hybridized carbons (Fsp3) is 0.650. The normalized spacial score (nSPS) is 23.7. The van der Waals surface area contributed by atoms with Gasteiger partial charge in [0.15, 0.2) is 0 Å². The van der Waals surface area contributed by atoms with Crippen molar-refractivity contribution in [2.45, 2.75) is 51.9 Å². The van der Waals surface area contributed by atoms with Gasteiger partial charge in [-0.2, -0.15) is 0 Å². The second kappa shape index (κ2) is 8.84. The van der Waals surface area contributed by atoms with Gasteiger partial charge in [0.2, 0.25) is 0 Å². The average Bonchev–Trinajstić information content (AvgIpc) is 2.60. The first-order valence-electron chi connectivity index (χ1n) is 9.15. The second-order valence-electron chi connectivity index (χ2n) is 7.96. The third-order valence-electron chi connectivity index (χ3n) is 4.82. The molecule has 2 rings (SSSR count). The van der Waals surface area contributed by atoms with Crippen molar-refractivity contribution in [3.05, 3.63) is 35.9 Å². The first-order valence-corrected chi connectivity index (χ1v) is 9.15. The maximum Gasteiger partial charge on any atom is 0.410 e. The molecule has 0 radical (unpaired) electrons. The number of piperidine rings is 1. The third kappa shape index (κ3) is 5.43. The topological polar surface area (TPSA) is 79.2 Å². The van der Waals surface area contributed by atoms with Crippen LogP contribution in [0.2, 0.25) is 0 Å². The van der Waals surface area contributed by atoms with Crippen LogP contribution in [0.4, 0.5) is 4.79 Å². The first kappa shape index (κ1) is 20.7. The van der Waals surface area contributed by atoms with Gasteiger partial charge in [-0.25, -0.2) is 4.79 Å². The predicted octanol–water partition coefficient (Wildman–Crippen LogP) is 2.57. The molecule has 0 aromatic heterocycles. The minimum atomic E-state index is -0.561. The summed E-state index contributed by atoms with van der Waals surface area (Å²) in [6, 6.07) is 9.78. The van der Waals surface area contributed by atoms with Gasteiger partial charge in [-0.3, -0.25) is 0 Å². The number of aliphatic hydroxyl groups is 2. The van der Waals surface area contributed by atoms with E-state index in [2.05, 4.69) is 0 Å². The van der Waals surface area contributed by atoms with Crippen molar-refractivity contribution in [1.29, 1.82) is 0 Å². The molecule has 1 fully saturated rings. The summed E-state index contributed by atoms with van der Waals surface area (Å²) < 4.78 is 11.6. The Morgan fingerprint density at radius 2 is 1.96 bits per heavy atom. The monoisotopic (exact) mass is 365 g/mol. The van der Waals surface area contributed by atoms with Crippen molar-refractivity contribution < 1.29 is 24.5 Å². The van der Waals surface area contributed by atoms with E-state index < -0.39 is 11.0 Å². The van der Waals surface area contributed by atoms with E-state index in [0.29, 0.717) is 32.5 Å². The highest BCUT2D eigenvalue weighted by atomic mass is 16.6. The van der Waals surface area contributed by atoms with Gasteiger partial charge >= 0.3 is 6.09 Å². The molecular formula is C20H31NO5. The van der Waals surface area contributed by atoms with Crippen LogP contribution in [0.5, 0.6) is 0 Å². The number of aliphatic hydroxyl groups excluding tert-OH is 2. The van der Waals surface area contributed by atoms with Crippen LogP contribution < -0.4 is 0 Å². The lowest BCUT2D eigenvalue weighted by molar-refractivity contribution is -0.123. The molecule has 2 N–H and O–H groups in total. The molecule has 1 heterocycles. The summed E-state index contributed by atoms with van der Waals surface area (Å²) in [5.74, 6) is 0. The minimum absolute atomic E-state index is 0.0296. The molecule has 0 saturated carbocycles. The Bertz CT molecular complexity index is 571. The lowest BCUT2D eigenvalue weighted by Gasteiger charge is -2.46. The van der Waals surface area contributed by atoms with Crippen LogP contribution in [0.15, 0.2) is 30.3 Å². The molecule has 0 bridgehead atoms. The molecule has 6 nitrogen and oxygen atoms in total. The smallest absolute Gasteiger partial charge is 0.410 e. The molecule has 0 aliphatic carbocycles. The van der Waals surface area contributed by atoms with Crippen LogP contribution in [0.1, 0.15) is 39.2 Å².